The number of hydrogen-bond donors (Lipinski definition) is 3. The first kappa shape index (κ1) is 22.7. The zero-order chi connectivity index (χ0) is 22.4. The van der Waals surface area contributed by atoms with Crippen LogP contribution in [0.3, 0.4) is 0 Å². The fourth-order valence-corrected chi connectivity index (χ4v) is 3.77. The van der Waals surface area contributed by atoms with Crippen LogP contribution in [0.1, 0.15) is 25.8 Å². The monoisotopic (exact) mass is 440 g/mol. The molecule has 0 saturated carbocycles. The van der Waals surface area contributed by atoms with Crippen molar-refractivity contribution < 1.29 is 14.4 Å². The van der Waals surface area contributed by atoms with Gasteiger partial charge in [-0.05, 0) is 62.1 Å². The van der Waals surface area contributed by atoms with Crippen molar-refractivity contribution in [2.24, 2.45) is 5.92 Å². The molecule has 3 N–H and O–H groups in total. The Balaban J connectivity index is 1.50. The topological polar surface area (TPSA) is 90.5 Å². The minimum Gasteiger partial charge on any atom is -0.352 e. The van der Waals surface area contributed by atoms with Crippen LogP contribution in [0.25, 0.3) is 0 Å². The molecule has 3 rings (SSSR count). The van der Waals surface area contributed by atoms with E-state index in [1.807, 2.05) is 56.5 Å². The predicted octanol–water partition coefficient (Wildman–Crippen LogP) is 3.61. The molecular formula is C23H28N4O3S. The van der Waals surface area contributed by atoms with Crippen LogP contribution in [0.5, 0.6) is 0 Å². The molecule has 1 aliphatic rings. The van der Waals surface area contributed by atoms with Gasteiger partial charge in [-0.1, -0.05) is 12.1 Å². The Morgan fingerprint density at radius 1 is 1.10 bits per heavy atom. The van der Waals surface area contributed by atoms with Crippen LogP contribution in [0, 0.1) is 5.92 Å². The lowest BCUT2D eigenvalue weighted by atomic mass is 10.1. The number of hydrogen-bond acceptors (Lipinski definition) is 4. The van der Waals surface area contributed by atoms with Crippen LogP contribution in [0.4, 0.5) is 16.2 Å². The second kappa shape index (κ2) is 10.3. The minimum absolute atomic E-state index is 0.0350. The van der Waals surface area contributed by atoms with Gasteiger partial charge in [-0.3, -0.25) is 9.59 Å². The van der Waals surface area contributed by atoms with Gasteiger partial charge in [0.25, 0.3) is 0 Å². The molecule has 1 unspecified atom stereocenters. The number of urea groups is 1. The van der Waals surface area contributed by atoms with Crippen LogP contribution in [-0.2, 0) is 16.1 Å². The molecule has 4 amide bonds. The fraction of sp³-hybridized carbons (Fsp3) is 0.348. The third-order valence-corrected chi connectivity index (χ3v) is 5.72. The van der Waals surface area contributed by atoms with E-state index < -0.39 is 0 Å². The average Bonchev–Trinajstić information content (AvgIpc) is 3.14. The molecular weight excluding hydrogens is 412 g/mol. The van der Waals surface area contributed by atoms with Crippen LogP contribution in [0.2, 0.25) is 0 Å². The van der Waals surface area contributed by atoms with Crippen LogP contribution >= 0.6 is 11.8 Å². The molecule has 1 fully saturated rings. The van der Waals surface area contributed by atoms with E-state index in [9.17, 15) is 14.4 Å². The second-order valence-electron chi connectivity index (χ2n) is 7.77. The lowest BCUT2D eigenvalue weighted by Crippen LogP contribution is -2.34. The first-order valence-corrected chi connectivity index (χ1v) is 11.5. The van der Waals surface area contributed by atoms with Crippen molar-refractivity contribution in [2.75, 3.05) is 23.0 Å². The third kappa shape index (κ3) is 6.24. The number of anilines is 2. The largest absolute Gasteiger partial charge is 0.352 e. The number of amides is 4. The van der Waals surface area contributed by atoms with E-state index in [-0.39, 0.29) is 36.2 Å². The van der Waals surface area contributed by atoms with Crippen molar-refractivity contribution in [3.05, 3.63) is 54.1 Å². The molecule has 1 aliphatic heterocycles. The summed E-state index contributed by atoms with van der Waals surface area (Å²) < 4.78 is 0. The van der Waals surface area contributed by atoms with Gasteiger partial charge in [0, 0.05) is 41.8 Å². The molecule has 2 aromatic carbocycles. The summed E-state index contributed by atoms with van der Waals surface area (Å²) in [6, 6.07) is 14.9. The van der Waals surface area contributed by atoms with E-state index in [2.05, 4.69) is 16.0 Å². The Hall–Kier alpha value is -3.00. The average molecular weight is 441 g/mol. The summed E-state index contributed by atoms with van der Waals surface area (Å²) in [5, 5.41) is 8.44. The van der Waals surface area contributed by atoms with Gasteiger partial charge in [0.1, 0.15) is 0 Å². The molecule has 31 heavy (non-hydrogen) atoms. The van der Waals surface area contributed by atoms with Gasteiger partial charge in [-0.25, -0.2) is 4.79 Å². The molecule has 2 aromatic rings. The van der Waals surface area contributed by atoms with Crippen molar-refractivity contribution in [1.82, 2.24) is 10.6 Å². The molecule has 164 valence electrons. The first-order valence-electron chi connectivity index (χ1n) is 10.2. The maximum absolute atomic E-state index is 12.6. The molecule has 1 heterocycles. The van der Waals surface area contributed by atoms with Crippen LogP contribution in [-0.4, -0.2) is 36.7 Å². The molecule has 0 spiro atoms. The van der Waals surface area contributed by atoms with Crippen molar-refractivity contribution >= 4 is 41.0 Å². The van der Waals surface area contributed by atoms with Gasteiger partial charge >= 0.3 is 6.03 Å². The normalized spacial score (nSPS) is 15.8. The maximum Gasteiger partial charge on any atom is 0.319 e. The standard InChI is InChI=1S/C23H28N4O3S/c1-15(2)25-23(30)26-18-6-4-16(5-7-18)13-24-22(29)17-12-21(28)27(14-17)19-8-10-20(31-3)11-9-19/h4-11,15,17H,12-14H2,1-3H3,(H,24,29)(H2,25,26,30). The Bertz CT molecular complexity index is 929. The molecule has 1 saturated heterocycles. The van der Waals surface area contributed by atoms with Gasteiger partial charge in [0.2, 0.25) is 11.8 Å². The number of benzene rings is 2. The quantitative estimate of drug-likeness (QED) is 0.574. The predicted molar refractivity (Wildman–Crippen MR) is 124 cm³/mol. The Labute approximate surface area is 187 Å². The van der Waals surface area contributed by atoms with Gasteiger partial charge in [-0.2, -0.15) is 0 Å². The number of carbonyl (C=O) groups is 3. The van der Waals surface area contributed by atoms with Crippen molar-refractivity contribution in [3.8, 4) is 0 Å². The summed E-state index contributed by atoms with van der Waals surface area (Å²) in [6.07, 6.45) is 2.22. The zero-order valence-electron chi connectivity index (χ0n) is 18.0. The summed E-state index contributed by atoms with van der Waals surface area (Å²) in [7, 11) is 0. The Morgan fingerprint density at radius 3 is 2.39 bits per heavy atom. The van der Waals surface area contributed by atoms with Gasteiger partial charge in [-0.15, -0.1) is 11.8 Å². The smallest absolute Gasteiger partial charge is 0.319 e. The van der Waals surface area contributed by atoms with E-state index in [1.54, 1.807) is 28.8 Å². The Kier molecular flexibility index (Phi) is 7.57. The number of carbonyl (C=O) groups excluding carboxylic acids is 3. The highest BCUT2D eigenvalue weighted by Crippen LogP contribution is 2.27. The Morgan fingerprint density at radius 2 is 1.77 bits per heavy atom. The van der Waals surface area contributed by atoms with Crippen LogP contribution in [0.15, 0.2) is 53.4 Å². The highest BCUT2D eigenvalue weighted by atomic mass is 32.2. The first-order chi connectivity index (χ1) is 14.9. The minimum atomic E-state index is -0.367. The third-order valence-electron chi connectivity index (χ3n) is 4.98. The summed E-state index contributed by atoms with van der Waals surface area (Å²) in [4.78, 5) is 39.6. The molecule has 8 heteroatoms. The SMILES string of the molecule is CSc1ccc(N2CC(C(=O)NCc3ccc(NC(=O)NC(C)C)cc3)CC2=O)cc1. The van der Waals surface area contributed by atoms with E-state index in [0.717, 1.165) is 16.1 Å². The summed E-state index contributed by atoms with van der Waals surface area (Å²) in [5.41, 5.74) is 2.41. The lowest BCUT2D eigenvalue weighted by Gasteiger charge is -2.17. The molecule has 0 radical (unpaired) electrons. The fourth-order valence-electron chi connectivity index (χ4n) is 3.36. The molecule has 0 aromatic heterocycles. The second-order valence-corrected chi connectivity index (χ2v) is 8.65. The summed E-state index contributed by atoms with van der Waals surface area (Å²) in [6.45, 7) is 4.54. The number of nitrogens with zero attached hydrogens (tertiary/aromatic N) is 1. The molecule has 7 nitrogen and oxygen atoms in total. The van der Waals surface area contributed by atoms with Gasteiger partial charge < -0.3 is 20.9 Å². The van der Waals surface area contributed by atoms with Gasteiger partial charge in [0.15, 0.2) is 0 Å². The van der Waals surface area contributed by atoms with Crippen LogP contribution < -0.4 is 20.9 Å². The molecule has 0 aliphatic carbocycles. The van der Waals surface area contributed by atoms with Crippen molar-refractivity contribution in [1.29, 1.82) is 0 Å². The molecule has 0 bridgehead atoms. The van der Waals surface area contributed by atoms with E-state index in [0.29, 0.717) is 18.8 Å². The summed E-state index contributed by atoms with van der Waals surface area (Å²) in [5.74, 6) is -0.532. The zero-order valence-corrected chi connectivity index (χ0v) is 18.8. The van der Waals surface area contributed by atoms with E-state index >= 15 is 0 Å². The summed E-state index contributed by atoms with van der Waals surface area (Å²) >= 11 is 1.65. The maximum atomic E-state index is 12.6. The molecule has 1 atom stereocenters. The van der Waals surface area contributed by atoms with Gasteiger partial charge in [0.05, 0.1) is 5.92 Å². The number of thioether (sulfide) groups is 1. The highest BCUT2D eigenvalue weighted by molar-refractivity contribution is 7.98. The lowest BCUT2D eigenvalue weighted by molar-refractivity contribution is -0.126. The van der Waals surface area contributed by atoms with Crippen molar-refractivity contribution in [2.45, 2.75) is 37.8 Å². The van der Waals surface area contributed by atoms with Crippen molar-refractivity contribution in [3.63, 3.8) is 0 Å². The number of rotatable bonds is 7. The van der Waals surface area contributed by atoms with E-state index in [4.69, 9.17) is 0 Å². The van der Waals surface area contributed by atoms with E-state index in [1.165, 1.54) is 0 Å². The number of nitrogens with one attached hydrogen (secondary N) is 3. The highest BCUT2D eigenvalue weighted by Gasteiger charge is 2.34.